The average molecular weight is 489 g/mol. The van der Waals surface area contributed by atoms with Crippen molar-refractivity contribution in [2.45, 2.75) is 13.8 Å². The zero-order chi connectivity index (χ0) is 24.2. The monoisotopic (exact) mass is 488 g/mol. The summed E-state index contributed by atoms with van der Waals surface area (Å²) in [6.45, 7) is 3.44. The second-order valence-electron chi connectivity index (χ2n) is 7.38. The number of aromatic nitrogens is 1. The van der Waals surface area contributed by atoms with Gasteiger partial charge in [-0.25, -0.2) is 13.8 Å². The highest BCUT2D eigenvalue weighted by Crippen LogP contribution is 2.26. The fourth-order valence-electron chi connectivity index (χ4n) is 3.43. The Morgan fingerprint density at radius 3 is 2.58 bits per heavy atom. The highest BCUT2D eigenvalue weighted by molar-refractivity contribution is 7.92. The molecule has 0 saturated carbocycles. The van der Waals surface area contributed by atoms with Gasteiger partial charge in [-0.2, -0.15) is 5.10 Å². The zero-order valence-corrected chi connectivity index (χ0v) is 20.3. The van der Waals surface area contributed by atoms with Crippen molar-refractivity contribution in [2.75, 3.05) is 24.2 Å². The van der Waals surface area contributed by atoms with E-state index in [0.717, 1.165) is 33.2 Å². The van der Waals surface area contributed by atoms with Gasteiger partial charge in [0.1, 0.15) is 12.3 Å². The van der Waals surface area contributed by atoms with Crippen molar-refractivity contribution in [3.8, 4) is 11.4 Å². The van der Waals surface area contributed by atoms with Gasteiger partial charge in [0.15, 0.2) is 0 Å². The van der Waals surface area contributed by atoms with Crippen LogP contribution in [0.3, 0.4) is 0 Å². The van der Waals surface area contributed by atoms with E-state index in [1.54, 1.807) is 24.3 Å². The topological polar surface area (TPSA) is 93.0 Å². The molecule has 8 nitrogen and oxygen atoms in total. The van der Waals surface area contributed by atoms with Crippen molar-refractivity contribution in [3.05, 3.63) is 76.6 Å². The number of nitrogens with zero attached hydrogens (tertiary/aromatic N) is 3. The predicted molar refractivity (Wildman–Crippen MR) is 131 cm³/mol. The molecule has 33 heavy (non-hydrogen) atoms. The number of hydrazone groups is 1. The summed E-state index contributed by atoms with van der Waals surface area (Å²) in [5, 5.41) is 4.64. The number of halogens is 1. The van der Waals surface area contributed by atoms with Gasteiger partial charge in [-0.3, -0.25) is 9.10 Å². The lowest BCUT2D eigenvalue weighted by Gasteiger charge is -2.21. The number of rotatable bonds is 8. The Bertz CT molecular complexity index is 1300. The van der Waals surface area contributed by atoms with Crippen molar-refractivity contribution in [3.63, 3.8) is 0 Å². The number of carbonyl (C=O) groups excluding carboxylic acids is 1. The van der Waals surface area contributed by atoms with Gasteiger partial charge in [-0.1, -0.05) is 29.8 Å². The first-order valence-corrected chi connectivity index (χ1v) is 12.2. The molecule has 1 heterocycles. The highest BCUT2D eigenvalue weighted by Gasteiger charge is 2.21. The number of ether oxygens (including phenoxy) is 1. The molecule has 0 radical (unpaired) electrons. The molecular formula is C23H25ClN4O4S. The molecule has 3 rings (SSSR count). The lowest BCUT2D eigenvalue weighted by Crippen LogP contribution is -2.39. The second-order valence-corrected chi connectivity index (χ2v) is 9.69. The van der Waals surface area contributed by atoms with Crippen molar-refractivity contribution < 1.29 is 17.9 Å². The van der Waals surface area contributed by atoms with E-state index in [1.807, 2.05) is 48.7 Å². The number of hydrogen-bond acceptors (Lipinski definition) is 5. The van der Waals surface area contributed by atoms with Crippen LogP contribution in [0, 0.1) is 13.8 Å². The number of methoxy groups -OCH3 is 1. The summed E-state index contributed by atoms with van der Waals surface area (Å²) < 4.78 is 32.7. The number of benzene rings is 2. The van der Waals surface area contributed by atoms with Crippen LogP contribution in [-0.2, 0) is 14.8 Å². The zero-order valence-electron chi connectivity index (χ0n) is 18.7. The Morgan fingerprint density at radius 2 is 1.91 bits per heavy atom. The van der Waals surface area contributed by atoms with E-state index in [0.29, 0.717) is 16.5 Å². The minimum atomic E-state index is -3.71. The molecule has 0 atom stereocenters. The summed E-state index contributed by atoms with van der Waals surface area (Å²) in [4.78, 5) is 12.5. The molecule has 0 saturated heterocycles. The van der Waals surface area contributed by atoms with E-state index in [4.69, 9.17) is 16.3 Å². The summed E-state index contributed by atoms with van der Waals surface area (Å²) in [5.41, 5.74) is 6.20. The van der Waals surface area contributed by atoms with Gasteiger partial charge in [-0.05, 0) is 44.2 Å². The van der Waals surface area contributed by atoms with Crippen molar-refractivity contribution in [1.82, 2.24) is 9.99 Å². The maximum absolute atomic E-state index is 12.5. The van der Waals surface area contributed by atoms with Crippen molar-refractivity contribution in [2.24, 2.45) is 5.10 Å². The van der Waals surface area contributed by atoms with Crippen LogP contribution in [0.4, 0.5) is 5.69 Å². The molecule has 0 aliphatic rings. The number of sulfonamides is 1. The highest BCUT2D eigenvalue weighted by atomic mass is 35.5. The van der Waals surface area contributed by atoms with Crippen LogP contribution in [0.25, 0.3) is 5.69 Å². The third-order valence-corrected chi connectivity index (χ3v) is 6.45. The number of amides is 1. The number of anilines is 1. The van der Waals surface area contributed by atoms with Crippen LogP contribution in [0.1, 0.15) is 17.0 Å². The molecular weight excluding hydrogens is 464 g/mol. The van der Waals surface area contributed by atoms with E-state index in [2.05, 4.69) is 10.5 Å². The smallest absolute Gasteiger partial charge is 0.260 e. The number of nitrogens with one attached hydrogen (secondary N) is 1. The van der Waals surface area contributed by atoms with Gasteiger partial charge in [0.25, 0.3) is 5.91 Å². The minimum absolute atomic E-state index is 0.319. The second kappa shape index (κ2) is 10.1. The molecule has 0 aliphatic heterocycles. The molecule has 0 fully saturated rings. The lowest BCUT2D eigenvalue weighted by atomic mass is 10.2. The molecule has 174 valence electrons. The van der Waals surface area contributed by atoms with Gasteiger partial charge in [-0.15, -0.1) is 0 Å². The third kappa shape index (κ3) is 5.74. The normalized spacial score (nSPS) is 11.5. The van der Waals surface area contributed by atoms with Crippen LogP contribution in [0.5, 0.6) is 5.75 Å². The van der Waals surface area contributed by atoms with E-state index in [1.165, 1.54) is 13.3 Å². The predicted octanol–water partition coefficient (Wildman–Crippen LogP) is 3.67. The van der Waals surface area contributed by atoms with Gasteiger partial charge >= 0.3 is 0 Å². The third-order valence-electron chi connectivity index (χ3n) is 4.99. The molecule has 1 aromatic heterocycles. The van der Waals surface area contributed by atoms with Gasteiger partial charge < -0.3 is 9.30 Å². The molecule has 0 aliphatic carbocycles. The lowest BCUT2D eigenvalue weighted by molar-refractivity contribution is -0.119. The molecule has 0 unspecified atom stereocenters. The van der Waals surface area contributed by atoms with Gasteiger partial charge in [0, 0.05) is 23.0 Å². The van der Waals surface area contributed by atoms with Gasteiger partial charge in [0.05, 0.1) is 36.0 Å². The number of aryl methyl sites for hydroxylation is 1. The first kappa shape index (κ1) is 24.3. The van der Waals surface area contributed by atoms with Crippen molar-refractivity contribution in [1.29, 1.82) is 0 Å². The maximum atomic E-state index is 12.5. The first-order chi connectivity index (χ1) is 15.6. The van der Waals surface area contributed by atoms with E-state index in [-0.39, 0.29) is 0 Å². The average Bonchev–Trinajstić information content (AvgIpc) is 3.04. The quantitative estimate of drug-likeness (QED) is 0.386. The maximum Gasteiger partial charge on any atom is 0.260 e. The summed E-state index contributed by atoms with van der Waals surface area (Å²) in [7, 11) is -2.23. The fraction of sp³-hybridized carbons (Fsp3) is 0.217. The van der Waals surface area contributed by atoms with Crippen LogP contribution in [-0.4, -0.2) is 45.0 Å². The Morgan fingerprint density at radius 1 is 1.18 bits per heavy atom. The van der Waals surface area contributed by atoms with Gasteiger partial charge in [0.2, 0.25) is 10.0 Å². The summed E-state index contributed by atoms with van der Waals surface area (Å²) in [6, 6.07) is 15.9. The minimum Gasteiger partial charge on any atom is -0.497 e. The number of carbonyl (C=O) groups is 1. The summed E-state index contributed by atoms with van der Waals surface area (Å²) >= 11 is 6.34. The largest absolute Gasteiger partial charge is 0.497 e. The van der Waals surface area contributed by atoms with Crippen LogP contribution >= 0.6 is 11.6 Å². The van der Waals surface area contributed by atoms with E-state index >= 15 is 0 Å². The molecule has 3 aromatic rings. The molecule has 1 N–H and O–H groups in total. The van der Waals surface area contributed by atoms with Crippen LogP contribution < -0.4 is 14.5 Å². The van der Waals surface area contributed by atoms with Crippen molar-refractivity contribution >= 4 is 39.4 Å². The SMILES string of the molecule is COc1cccc(N(CC(=O)N/N=C\c2cc(C)n(-c3ccccc3Cl)c2C)S(C)(=O)=O)c1. The molecule has 0 spiro atoms. The Labute approximate surface area is 198 Å². The fourth-order valence-corrected chi connectivity index (χ4v) is 4.50. The molecule has 2 aromatic carbocycles. The standard InChI is InChI=1S/C23H25ClN4O4S/c1-16-12-18(17(2)28(16)22-11-6-5-10-21(22)24)14-25-26-23(29)15-27(33(4,30)31)19-8-7-9-20(13-19)32-3/h5-14H,15H2,1-4H3,(H,26,29)/b25-14-. The molecule has 10 heteroatoms. The molecule has 0 bridgehead atoms. The first-order valence-electron chi connectivity index (χ1n) is 9.99. The van der Waals surface area contributed by atoms with E-state index < -0.39 is 22.5 Å². The summed E-state index contributed by atoms with van der Waals surface area (Å²) in [5.74, 6) is -0.104. The number of hydrogen-bond donors (Lipinski definition) is 1. The Balaban J connectivity index is 1.76. The van der Waals surface area contributed by atoms with E-state index in [9.17, 15) is 13.2 Å². The van der Waals surface area contributed by atoms with Crippen LogP contribution in [0.15, 0.2) is 59.7 Å². The molecule has 1 amide bonds. The summed E-state index contributed by atoms with van der Waals surface area (Å²) in [6.07, 6.45) is 2.55. The Hall–Kier alpha value is -3.30. The van der Waals surface area contributed by atoms with Crippen LogP contribution in [0.2, 0.25) is 5.02 Å². The number of para-hydroxylation sites is 1. The Kier molecular flexibility index (Phi) is 7.45.